The van der Waals surface area contributed by atoms with Gasteiger partial charge in [-0.15, -0.1) is 0 Å². The molecule has 10 nitrogen and oxygen atoms in total. The maximum Gasteiger partial charge on any atom is 0.280 e. The number of nitrogens with zero attached hydrogens (tertiary/aromatic N) is 3. The van der Waals surface area contributed by atoms with Crippen LogP contribution in [0.4, 0.5) is 5.95 Å². The van der Waals surface area contributed by atoms with E-state index in [4.69, 9.17) is 10.5 Å². The molecule has 29 heavy (non-hydrogen) atoms. The number of thioether (sulfide) groups is 1. The summed E-state index contributed by atoms with van der Waals surface area (Å²) < 4.78 is 8.00. The van der Waals surface area contributed by atoms with Gasteiger partial charge in [-0.3, -0.25) is 14.3 Å². The normalized spacial score (nSPS) is 24.4. The first-order chi connectivity index (χ1) is 13.9. The van der Waals surface area contributed by atoms with Gasteiger partial charge in [0.2, 0.25) is 5.95 Å². The number of aromatic nitrogens is 4. The molecule has 1 aliphatic heterocycles. The van der Waals surface area contributed by atoms with Gasteiger partial charge in [-0.05, 0) is 11.6 Å². The molecule has 1 aliphatic rings. The van der Waals surface area contributed by atoms with Crippen molar-refractivity contribution in [3.8, 4) is 0 Å². The summed E-state index contributed by atoms with van der Waals surface area (Å²) in [6.07, 6.45) is -4.73. The number of nitrogens with two attached hydrogens (primary N) is 1. The van der Waals surface area contributed by atoms with Crippen LogP contribution in [0.3, 0.4) is 0 Å². The number of fused-ring (bicyclic) bond motifs is 1. The topological polar surface area (TPSA) is 160 Å². The number of imidazole rings is 1. The highest BCUT2D eigenvalue weighted by Crippen LogP contribution is 2.36. The average Bonchev–Trinajstić information content (AvgIpc) is 3.19. The Morgan fingerprint density at radius 1 is 1.28 bits per heavy atom. The third-order valence-electron chi connectivity index (χ3n) is 4.62. The summed E-state index contributed by atoms with van der Waals surface area (Å²) in [5.41, 5.74) is 6.31. The molecule has 0 unspecified atom stereocenters. The van der Waals surface area contributed by atoms with Gasteiger partial charge in [-0.2, -0.15) is 4.98 Å². The molecule has 12 heteroatoms. The number of nitrogens with one attached hydrogen (secondary N) is 1. The summed E-state index contributed by atoms with van der Waals surface area (Å²) in [6, 6.07) is 7.67. The van der Waals surface area contributed by atoms with Gasteiger partial charge in [-0.1, -0.05) is 45.9 Å². The SMILES string of the molecule is Nc1nc2c(nc(SCc3ccccc3Br)n2[C@@H]2O[C@H](CO)[C@@H](O)[C@@H]2O)c(=O)[nH]1. The molecule has 0 spiro atoms. The number of nitrogen functional groups attached to an aromatic ring is 1. The molecule has 1 saturated heterocycles. The van der Waals surface area contributed by atoms with Gasteiger partial charge >= 0.3 is 0 Å². The number of hydrogen-bond donors (Lipinski definition) is 5. The Bertz CT molecular complexity index is 1110. The number of aliphatic hydroxyl groups excluding tert-OH is 3. The third kappa shape index (κ3) is 3.67. The molecule has 0 radical (unpaired) electrons. The lowest BCUT2D eigenvalue weighted by atomic mass is 10.1. The predicted octanol–water partition coefficient (Wildman–Crippen LogP) is 0.368. The Labute approximate surface area is 176 Å². The van der Waals surface area contributed by atoms with E-state index in [9.17, 15) is 20.1 Å². The smallest absolute Gasteiger partial charge is 0.280 e. The van der Waals surface area contributed by atoms with Crippen LogP contribution in [0.2, 0.25) is 0 Å². The summed E-state index contributed by atoms with van der Waals surface area (Å²) in [5, 5.41) is 30.4. The Kier molecular flexibility index (Phi) is 5.64. The van der Waals surface area contributed by atoms with Crippen LogP contribution in [-0.4, -0.2) is 59.8 Å². The standard InChI is InChI=1S/C17H18BrN5O5S/c18-8-4-2-1-3-7(8)6-29-17-20-10-13(21-16(19)22-14(10)27)23(17)15-12(26)11(25)9(5-24)28-15/h1-4,9,11-12,15,24-26H,5-6H2,(H3,19,21,22,27)/t9-,11-,12+,15-/m1/s1. The number of halogens is 1. The van der Waals surface area contributed by atoms with Gasteiger partial charge < -0.3 is 25.8 Å². The summed E-state index contributed by atoms with van der Waals surface area (Å²) in [6.45, 7) is -0.475. The highest BCUT2D eigenvalue weighted by atomic mass is 79.9. The Balaban J connectivity index is 1.79. The number of H-pyrrole nitrogens is 1. The van der Waals surface area contributed by atoms with Crippen LogP contribution < -0.4 is 11.3 Å². The maximum absolute atomic E-state index is 12.3. The molecule has 0 saturated carbocycles. The van der Waals surface area contributed by atoms with Crippen molar-refractivity contribution in [3.63, 3.8) is 0 Å². The van der Waals surface area contributed by atoms with Crippen molar-refractivity contribution in [3.05, 3.63) is 44.7 Å². The maximum atomic E-state index is 12.3. The summed E-state index contributed by atoms with van der Waals surface area (Å²) in [4.78, 5) is 23.2. The Morgan fingerprint density at radius 2 is 2.03 bits per heavy atom. The molecule has 2 aromatic heterocycles. The molecular formula is C17H18BrN5O5S. The van der Waals surface area contributed by atoms with Crippen LogP contribution in [0, 0.1) is 0 Å². The minimum Gasteiger partial charge on any atom is -0.394 e. The fraction of sp³-hybridized carbons (Fsp3) is 0.353. The first kappa shape index (κ1) is 20.3. The lowest BCUT2D eigenvalue weighted by molar-refractivity contribution is -0.0548. The van der Waals surface area contributed by atoms with E-state index in [1.807, 2.05) is 24.3 Å². The van der Waals surface area contributed by atoms with Crippen LogP contribution in [0.25, 0.3) is 11.2 Å². The number of aromatic amines is 1. The van der Waals surface area contributed by atoms with E-state index in [0.717, 1.165) is 10.0 Å². The zero-order valence-corrected chi connectivity index (χ0v) is 17.3. The number of anilines is 1. The van der Waals surface area contributed by atoms with Crippen molar-refractivity contribution in [2.24, 2.45) is 0 Å². The van der Waals surface area contributed by atoms with Crippen LogP contribution in [0.15, 0.2) is 38.7 Å². The largest absolute Gasteiger partial charge is 0.394 e. The minimum atomic E-state index is -1.35. The van der Waals surface area contributed by atoms with Crippen LogP contribution >= 0.6 is 27.7 Å². The number of ether oxygens (including phenoxy) is 1. The van der Waals surface area contributed by atoms with Crippen molar-refractivity contribution >= 4 is 44.8 Å². The lowest BCUT2D eigenvalue weighted by Crippen LogP contribution is -2.33. The molecule has 154 valence electrons. The van der Waals surface area contributed by atoms with Gasteiger partial charge in [0.1, 0.15) is 18.3 Å². The van der Waals surface area contributed by atoms with Crippen LogP contribution in [0.5, 0.6) is 0 Å². The van der Waals surface area contributed by atoms with E-state index in [0.29, 0.717) is 10.9 Å². The first-order valence-electron chi connectivity index (χ1n) is 8.67. The molecule has 0 bridgehead atoms. The molecule has 0 amide bonds. The van der Waals surface area contributed by atoms with Crippen molar-refractivity contribution in [1.82, 2.24) is 19.5 Å². The van der Waals surface area contributed by atoms with E-state index < -0.39 is 36.7 Å². The Morgan fingerprint density at radius 3 is 2.72 bits per heavy atom. The fourth-order valence-corrected chi connectivity index (χ4v) is 4.80. The second-order valence-electron chi connectivity index (χ2n) is 6.50. The molecule has 6 N–H and O–H groups in total. The highest BCUT2D eigenvalue weighted by molar-refractivity contribution is 9.10. The van der Waals surface area contributed by atoms with Gasteiger partial charge in [0.05, 0.1) is 6.61 Å². The minimum absolute atomic E-state index is 0.0339. The van der Waals surface area contributed by atoms with E-state index in [1.165, 1.54) is 16.3 Å². The summed E-state index contributed by atoms with van der Waals surface area (Å²) in [5.74, 6) is 0.394. The van der Waals surface area contributed by atoms with Gasteiger partial charge in [0.25, 0.3) is 5.56 Å². The second-order valence-corrected chi connectivity index (χ2v) is 8.29. The molecule has 4 rings (SSSR count). The number of rotatable bonds is 5. The van der Waals surface area contributed by atoms with E-state index >= 15 is 0 Å². The van der Waals surface area contributed by atoms with Crippen LogP contribution in [0.1, 0.15) is 11.8 Å². The molecule has 3 heterocycles. The van der Waals surface area contributed by atoms with E-state index in [2.05, 4.69) is 30.9 Å². The van der Waals surface area contributed by atoms with Gasteiger partial charge in [0, 0.05) is 10.2 Å². The zero-order valence-electron chi connectivity index (χ0n) is 14.9. The van der Waals surface area contributed by atoms with Crippen molar-refractivity contribution in [1.29, 1.82) is 0 Å². The van der Waals surface area contributed by atoms with Gasteiger partial charge in [0.15, 0.2) is 22.5 Å². The fourth-order valence-electron chi connectivity index (χ4n) is 3.16. The second kappa shape index (κ2) is 8.05. The van der Waals surface area contributed by atoms with E-state index in [1.54, 1.807) is 0 Å². The molecule has 1 fully saturated rings. The summed E-state index contributed by atoms with van der Waals surface area (Å²) in [7, 11) is 0. The lowest BCUT2D eigenvalue weighted by Gasteiger charge is -2.19. The van der Waals surface area contributed by atoms with Crippen molar-refractivity contribution in [2.75, 3.05) is 12.3 Å². The Hall–Kier alpha value is -1.96. The zero-order chi connectivity index (χ0) is 20.7. The molecule has 4 atom stereocenters. The molecule has 1 aromatic carbocycles. The van der Waals surface area contributed by atoms with Crippen LogP contribution in [-0.2, 0) is 10.5 Å². The third-order valence-corrected chi connectivity index (χ3v) is 6.40. The van der Waals surface area contributed by atoms with Crippen molar-refractivity contribution in [2.45, 2.75) is 35.4 Å². The summed E-state index contributed by atoms with van der Waals surface area (Å²) >= 11 is 4.80. The number of aliphatic hydroxyl groups is 3. The molecular weight excluding hydrogens is 466 g/mol. The van der Waals surface area contributed by atoms with E-state index in [-0.39, 0.29) is 17.1 Å². The number of hydrogen-bond acceptors (Lipinski definition) is 9. The number of benzene rings is 1. The monoisotopic (exact) mass is 483 g/mol. The predicted molar refractivity (Wildman–Crippen MR) is 109 cm³/mol. The highest BCUT2D eigenvalue weighted by Gasteiger charge is 2.45. The molecule has 3 aromatic rings. The first-order valence-corrected chi connectivity index (χ1v) is 10.4. The average molecular weight is 484 g/mol. The van der Waals surface area contributed by atoms with Gasteiger partial charge in [-0.25, -0.2) is 4.98 Å². The quantitative estimate of drug-likeness (QED) is 0.323. The van der Waals surface area contributed by atoms with Crippen molar-refractivity contribution < 1.29 is 20.1 Å². The molecule has 0 aliphatic carbocycles.